The minimum absolute atomic E-state index is 0.0323. The summed E-state index contributed by atoms with van der Waals surface area (Å²) in [7, 11) is 0. The minimum Gasteiger partial charge on any atom is -0.444 e. The van der Waals surface area contributed by atoms with E-state index >= 15 is 0 Å². The van der Waals surface area contributed by atoms with Crippen molar-refractivity contribution in [3.8, 4) is 0 Å². The zero-order valence-electron chi connectivity index (χ0n) is 20.7. The molecule has 4 rings (SSSR count). The first-order valence-electron chi connectivity index (χ1n) is 12.0. The number of amides is 2. The van der Waals surface area contributed by atoms with Gasteiger partial charge in [0.1, 0.15) is 11.6 Å². The molecule has 1 saturated heterocycles. The van der Waals surface area contributed by atoms with Crippen molar-refractivity contribution in [2.75, 3.05) is 23.9 Å². The standard InChI is InChI=1S/C27H31ClN2O5S/c1-27(2,3)35-26(33)29-21-16-36-24-9-6-19(23(31)12-18-10-11-34-15-18)13-22(24)30(25(21)32)14-17-4-7-20(28)8-5-17/h4-9,13,18,21H,10-12,14-16H2,1-3H3,(H,29,33)/t18-,21-/m0/s1. The Morgan fingerprint density at radius 3 is 2.61 bits per heavy atom. The van der Waals surface area contributed by atoms with Crippen LogP contribution in [0.25, 0.3) is 0 Å². The highest BCUT2D eigenvalue weighted by atomic mass is 35.5. The molecule has 7 nitrogen and oxygen atoms in total. The Bertz CT molecular complexity index is 1130. The lowest BCUT2D eigenvalue weighted by molar-refractivity contribution is -0.120. The van der Waals surface area contributed by atoms with E-state index in [4.69, 9.17) is 21.1 Å². The van der Waals surface area contributed by atoms with Gasteiger partial charge < -0.3 is 19.7 Å². The first-order valence-corrected chi connectivity index (χ1v) is 13.4. The Balaban J connectivity index is 1.63. The number of thioether (sulfide) groups is 1. The SMILES string of the molecule is CC(C)(C)OC(=O)N[C@H]1CSc2ccc(C(=O)C[C@@H]3CCOC3)cc2N(Cc2ccc(Cl)cc2)C1=O. The van der Waals surface area contributed by atoms with Crippen molar-refractivity contribution in [1.82, 2.24) is 5.32 Å². The number of carbonyl (C=O) groups is 3. The molecule has 36 heavy (non-hydrogen) atoms. The molecule has 0 radical (unpaired) electrons. The number of anilines is 1. The third kappa shape index (κ3) is 6.81. The van der Waals surface area contributed by atoms with Gasteiger partial charge in [-0.25, -0.2) is 4.79 Å². The molecule has 0 aromatic heterocycles. The second-order valence-corrected chi connectivity index (χ2v) is 11.6. The van der Waals surface area contributed by atoms with Gasteiger partial charge in [0, 0.05) is 40.9 Å². The van der Waals surface area contributed by atoms with Crippen molar-refractivity contribution >= 4 is 46.8 Å². The molecule has 2 amide bonds. The summed E-state index contributed by atoms with van der Waals surface area (Å²) in [5.74, 6) is 0.329. The predicted octanol–water partition coefficient (Wildman–Crippen LogP) is 5.48. The highest BCUT2D eigenvalue weighted by molar-refractivity contribution is 7.99. The lowest BCUT2D eigenvalue weighted by Gasteiger charge is -2.27. The van der Waals surface area contributed by atoms with E-state index in [0.717, 1.165) is 16.9 Å². The van der Waals surface area contributed by atoms with Gasteiger partial charge >= 0.3 is 6.09 Å². The predicted molar refractivity (Wildman–Crippen MR) is 141 cm³/mol. The first-order chi connectivity index (χ1) is 17.1. The maximum Gasteiger partial charge on any atom is 0.408 e. The molecule has 2 aromatic carbocycles. The van der Waals surface area contributed by atoms with Gasteiger partial charge in [-0.1, -0.05) is 29.8 Å². The van der Waals surface area contributed by atoms with Crippen molar-refractivity contribution in [2.24, 2.45) is 5.92 Å². The number of fused-ring (bicyclic) bond motifs is 1. The summed E-state index contributed by atoms with van der Waals surface area (Å²) in [4.78, 5) is 41.8. The molecular formula is C27H31ClN2O5S. The fourth-order valence-corrected chi connectivity index (χ4v) is 5.37. The van der Waals surface area contributed by atoms with Gasteiger partial charge in [0.15, 0.2) is 5.78 Å². The van der Waals surface area contributed by atoms with Crippen molar-refractivity contribution in [2.45, 2.75) is 56.7 Å². The van der Waals surface area contributed by atoms with Crippen LogP contribution < -0.4 is 10.2 Å². The van der Waals surface area contributed by atoms with Crippen LogP contribution in [0, 0.1) is 5.92 Å². The number of Topliss-reactive ketones (excluding diaryl/α,β-unsaturated/α-hetero) is 1. The lowest BCUT2D eigenvalue weighted by Crippen LogP contribution is -2.50. The maximum absolute atomic E-state index is 13.8. The van der Waals surface area contributed by atoms with E-state index in [1.807, 2.05) is 24.3 Å². The molecule has 2 heterocycles. The summed E-state index contributed by atoms with van der Waals surface area (Å²) < 4.78 is 10.8. The van der Waals surface area contributed by atoms with Crippen molar-refractivity contribution in [3.63, 3.8) is 0 Å². The molecule has 192 valence electrons. The number of hydrogen-bond donors (Lipinski definition) is 1. The summed E-state index contributed by atoms with van der Waals surface area (Å²) in [6.07, 6.45) is 0.652. The average Bonchev–Trinajstić information content (AvgIpc) is 3.29. The number of nitrogens with one attached hydrogen (secondary N) is 1. The Hall–Kier alpha value is -2.55. The molecular weight excluding hydrogens is 500 g/mol. The van der Waals surface area contributed by atoms with E-state index in [-0.39, 0.29) is 24.2 Å². The molecule has 2 atom stereocenters. The van der Waals surface area contributed by atoms with Gasteiger partial charge in [0.05, 0.1) is 12.2 Å². The number of nitrogens with zero attached hydrogens (tertiary/aromatic N) is 1. The van der Waals surface area contributed by atoms with E-state index in [9.17, 15) is 14.4 Å². The van der Waals surface area contributed by atoms with Crippen molar-refractivity contribution in [1.29, 1.82) is 0 Å². The molecule has 1 fully saturated rings. The smallest absolute Gasteiger partial charge is 0.408 e. The fraction of sp³-hybridized carbons (Fsp3) is 0.444. The van der Waals surface area contributed by atoms with Crippen LogP contribution in [0.1, 0.15) is 49.5 Å². The topological polar surface area (TPSA) is 84.9 Å². The van der Waals surface area contributed by atoms with Crippen molar-refractivity contribution < 1.29 is 23.9 Å². The number of rotatable bonds is 6. The van der Waals surface area contributed by atoms with Crippen LogP contribution in [0.5, 0.6) is 0 Å². The first kappa shape index (κ1) is 26.5. The van der Waals surface area contributed by atoms with E-state index < -0.39 is 17.7 Å². The lowest BCUT2D eigenvalue weighted by atomic mass is 9.97. The van der Waals surface area contributed by atoms with Gasteiger partial charge in [-0.2, -0.15) is 0 Å². The van der Waals surface area contributed by atoms with Crippen LogP contribution in [0.4, 0.5) is 10.5 Å². The highest BCUT2D eigenvalue weighted by Crippen LogP contribution is 2.37. The molecule has 0 bridgehead atoms. The third-order valence-corrected chi connectivity index (χ3v) is 7.39. The Morgan fingerprint density at radius 2 is 1.94 bits per heavy atom. The molecule has 0 unspecified atom stereocenters. The number of alkyl carbamates (subject to hydrolysis) is 1. The zero-order chi connectivity index (χ0) is 25.9. The molecule has 0 spiro atoms. The van der Waals surface area contributed by atoms with Crippen molar-refractivity contribution in [3.05, 3.63) is 58.6 Å². The highest BCUT2D eigenvalue weighted by Gasteiger charge is 2.34. The van der Waals surface area contributed by atoms with Gasteiger partial charge in [0.2, 0.25) is 0 Å². The number of ketones is 1. The van der Waals surface area contributed by atoms with Gasteiger partial charge in [-0.15, -0.1) is 11.8 Å². The molecule has 2 aliphatic rings. The number of halogens is 1. The van der Waals surface area contributed by atoms with Gasteiger partial charge in [-0.3, -0.25) is 9.59 Å². The second-order valence-electron chi connectivity index (χ2n) is 10.1. The monoisotopic (exact) mass is 530 g/mol. The minimum atomic E-state index is -0.792. The zero-order valence-corrected chi connectivity index (χ0v) is 22.3. The number of ether oxygens (including phenoxy) is 2. The molecule has 0 aliphatic carbocycles. The Labute approximate surface area is 220 Å². The van der Waals surface area contributed by atoms with Crippen LogP contribution in [-0.4, -0.2) is 48.4 Å². The second kappa shape index (κ2) is 11.2. The summed E-state index contributed by atoms with van der Waals surface area (Å²) >= 11 is 7.52. The van der Waals surface area contributed by atoms with E-state index in [0.29, 0.717) is 41.7 Å². The summed E-state index contributed by atoms with van der Waals surface area (Å²) in [5.41, 5.74) is 1.41. The molecule has 2 aromatic rings. The maximum atomic E-state index is 13.8. The normalized spacial score (nSPS) is 20.0. The van der Waals surface area contributed by atoms with Crippen LogP contribution >= 0.6 is 23.4 Å². The Morgan fingerprint density at radius 1 is 1.19 bits per heavy atom. The number of hydrogen-bond acceptors (Lipinski definition) is 6. The number of carbonyl (C=O) groups excluding carboxylic acids is 3. The van der Waals surface area contributed by atoms with Gasteiger partial charge in [0.25, 0.3) is 5.91 Å². The molecule has 0 saturated carbocycles. The average molecular weight is 531 g/mol. The van der Waals surface area contributed by atoms with E-state index in [1.54, 1.807) is 43.9 Å². The quantitative estimate of drug-likeness (QED) is 0.498. The van der Waals surface area contributed by atoms with Crippen LogP contribution in [0.3, 0.4) is 0 Å². The van der Waals surface area contributed by atoms with E-state index in [2.05, 4.69) is 5.32 Å². The summed E-state index contributed by atoms with van der Waals surface area (Å²) in [5, 5.41) is 3.34. The summed E-state index contributed by atoms with van der Waals surface area (Å²) in [6.45, 7) is 6.88. The van der Waals surface area contributed by atoms with Gasteiger partial charge in [-0.05, 0) is 62.9 Å². The fourth-order valence-electron chi connectivity index (χ4n) is 4.19. The molecule has 9 heteroatoms. The van der Waals surface area contributed by atoms with Crippen LogP contribution in [-0.2, 0) is 20.8 Å². The molecule has 2 aliphatic heterocycles. The van der Waals surface area contributed by atoms with Crippen LogP contribution in [0.15, 0.2) is 47.4 Å². The summed E-state index contributed by atoms with van der Waals surface area (Å²) in [6, 6.07) is 12.0. The van der Waals surface area contributed by atoms with E-state index in [1.165, 1.54) is 11.8 Å². The number of benzene rings is 2. The Kier molecular flexibility index (Phi) is 8.27. The van der Waals surface area contributed by atoms with Crippen LogP contribution in [0.2, 0.25) is 5.02 Å². The third-order valence-electron chi connectivity index (χ3n) is 5.98. The molecule has 1 N–H and O–H groups in total. The largest absolute Gasteiger partial charge is 0.444 e.